The van der Waals surface area contributed by atoms with Gasteiger partial charge in [0.05, 0.1) is 5.92 Å². The topological polar surface area (TPSA) is 37.4 Å². The number of likely N-dealkylation sites (tertiary alicyclic amines) is 1. The smallest absolute Gasteiger partial charge is 0.187 e. The monoisotopic (exact) mass is 355 g/mol. The van der Waals surface area contributed by atoms with E-state index in [1.165, 1.54) is 0 Å². The minimum absolute atomic E-state index is 0. The molecule has 1 aliphatic rings. The van der Waals surface area contributed by atoms with E-state index in [-0.39, 0.29) is 29.9 Å². The van der Waals surface area contributed by atoms with E-state index in [4.69, 9.17) is 0 Å². The first-order chi connectivity index (χ1) is 11.7. The molecule has 1 saturated heterocycles. The van der Waals surface area contributed by atoms with Gasteiger partial charge in [0.1, 0.15) is 0 Å². The molecule has 130 valence electrons. The number of piperidine rings is 1. The first-order valence-electron chi connectivity index (χ1n) is 8.28. The number of rotatable bonds is 4. The predicted octanol–water partition coefficient (Wildman–Crippen LogP) is 4.40. The summed E-state index contributed by atoms with van der Waals surface area (Å²) >= 11 is 0. The second-order valence-corrected chi connectivity index (χ2v) is 6.15. The SMILES string of the molecule is CN1CCCC(C(=O)c2ccccc2)C1=CC(=O)c1ccccc1.Cl. The molecule has 0 bridgehead atoms. The van der Waals surface area contributed by atoms with Crippen LogP contribution < -0.4 is 0 Å². The Labute approximate surface area is 154 Å². The van der Waals surface area contributed by atoms with Crippen molar-refractivity contribution in [2.24, 2.45) is 5.92 Å². The normalized spacial score (nSPS) is 18.5. The van der Waals surface area contributed by atoms with Gasteiger partial charge in [0, 0.05) is 36.5 Å². The van der Waals surface area contributed by atoms with Gasteiger partial charge in [0.25, 0.3) is 0 Å². The highest BCUT2D eigenvalue weighted by atomic mass is 35.5. The van der Waals surface area contributed by atoms with E-state index in [1.54, 1.807) is 18.2 Å². The Hall–Kier alpha value is -2.39. The van der Waals surface area contributed by atoms with Crippen molar-refractivity contribution in [2.75, 3.05) is 13.6 Å². The Morgan fingerprint density at radius 2 is 1.52 bits per heavy atom. The number of allylic oxidation sites excluding steroid dienone is 2. The molecule has 2 aromatic carbocycles. The molecule has 1 fully saturated rings. The van der Waals surface area contributed by atoms with Crippen LogP contribution in [0.4, 0.5) is 0 Å². The summed E-state index contributed by atoms with van der Waals surface area (Å²) in [5, 5.41) is 0. The van der Waals surface area contributed by atoms with Crippen molar-refractivity contribution in [1.29, 1.82) is 0 Å². The molecule has 3 rings (SSSR count). The highest BCUT2D eigenvalue weighted by molar-refractivity contribution is 6.06. The summed E-state index contributed by atoms with van der Waals surface area (Å²) in [7, 11) is 1.95. The highest BCUT2D eigenvalue weighted by Gasteiger charge is 2.30. The minimum Gasteiger partial charge on any atom is -0.377 e. The second-order valence-electron chi connectivity index (χ2n) is 6.15. The minimum atomic E-state index is -0.251. The third-order valence-electron chi connectivity index (χ3n) is 4.50. The number of hydrogen-bond donors (Lipinski definition) is 0. The summed E-state index contributed by atoms with van der Waals surface area (Å²) in [6.07, 6.45) is 3.38. The standard InChI is InChI=1S/C21H21NO2.ClH/c1-22-14-8-13-18(21(24)17-11-6-3-7-12-17)19(22)15-20(23)16-9-4-2-5-10-16;/h2-7,9-12,15,18H,8,13-14H2,1H3;1H. The number of carbonyl (C=O) groups excluding carboxylic acids is 2. The molecule has 0 radical (unpaired) electrons. The number of benzene rings is 2. The van der Waals surface area contributed by atoms with Gasteiger partial charge in [0.15, 0.2) is 11.6 Å². The van der Waals surface area contributed by atoms with E-state index in [9.17, 15) is 9.59 Å². The molecule has 0 N–H and O–H groups in total. The molecule has 0 aliphatic carbocycles. The van der Waals surface area contributed by atoms with Crippen molar-refractivity contribution in [2.45, 2.75) is 12.8 Å². The van der Waals surface area contributed by atoms with E-state index >= 15 is 0 Å². The van der Waals surface area contributed by atoms with Gasteiger partial charge in [0.2, 0.25) is 0 Å². The van der Waals surface area contributed by atoms with E-state index in [0.29, 0.717) is 11.1 Å². The molecule has 1 unspecified atom stereocenters. The van der Waals surface area contributed by atoms with Gasteiger partial charge in [-0.05, 0) is 12.8 Å². The van der Waals surface area contributed by atoms with Crippen LogP contribution in [0.1, 0.15) is 33.6 Å². The van der Waals surface area contributed by atoms with Gasteiger partial charge in [-0.1, -0.05) is 60.7 Å². The summed E-state index contributed by atoms with van der Waals surface area (Å²) < 4.78 is 0. The van der Waals surface area contributed by atoms with E-state index in [2.05, 4.69) is 0 Å². The number of Topliss-reactive ketones (excluding diaryl/α,β-unsaturated/α-hetero) is 1. The summed E-state index contributed by atoms with van der Waals surface area (Å²) in [4.78, 5) is 27.5. The van der Waals surface area contributed by atoms with Crippen LogP contribution in [-0.2, 0) is 0 Å². The van der Waals surface area contributed by atoms with E-state index in [0.717, 1.165) is 25.1 Å². The Kier molecular flexibility index (Phi) is 6.54. The summed E-state index contributed by atoms with van der Waals surface area (Å²) in [6.45, 7) is 0.868. The third kappa shape index (κ3) is 4.37. The number of ketones is 2. The Bertz CT molecular complexity index is 756. The van der Waals surface area contributed by atoms with Crippen LogP contribution in [0.5, 0.6) is 0 Å². The average molecular weight is 356 g/mol. The Balaban J connectivity index is 0.00000225. The molecule has 0 spiro atoms. The van der Waals surface area contributed by atoms with E-state index < -0.39 is 0 Å². The fraction of sp³-hybridized carbons (Fsp3) is 0.238. The van der Waals surface area contributed by atoms with Crippen LogP contribution in [0.15, 0.2) is 72.4 Å². The lowest BCUT2D eigenvalue weighted by atomic mass is 9.86. The first-order valence-corrected chi connectivity index (χ1v) is 8.28. The van der Waals surface area contributed by atoms with Crippen LogP contribution in [0.25, 0.3) is 0 Å². The molecular weight excluding hydrogens is 334 g/mol. The van der Waals surface area contributed by atoms with Crippen molar-refractivity contribution in [3.63, 3.8) is 0 Å². The van der Waals surface area contributed by atoms with Crippen molar-refractivity contribution >= 4 is 24.0 Å². The molecular formula is C21H22ClNO2. The lowest BCUT2D eigenvalue weighted by Gasteiger charge is -2.33. The lowest BCUT2D eigenvalue weighted by molar-refractivity contribution is 0.0894. The van der Waals surface area contributed by atoms with Crippen LogP contribution in [-0.4, -0.2) is 30.1 Å². The molecule has 1 atom stereocenters. The number of hydrogen-bond acceptors (Lipinski definition) is 3. The van der Waals surface area contributed by atoms with Crippen LogP contribution >= 0.6 is 12.4 Å². The van der Waals surface area contributed by atoms with Crippen LogP contribution in [0.2, 0.25) is 0 Å². The Morgan fingerprint density at radius 1 is 0.960 bits per heavy atom. The lowest BCUT2D eigenvalue weighted by Crippen LogP contribution is -2.34. The molecule has 2 aromatic rings. The maximum absolute atomic E-state index is 12.9. The van der Waals surface area contributed by atoms with Gasteiger partial charge in [-0.15, -0.1) is 12.4 Å². The van der Waals surface area contributed by atoms with Gasteiger partial charge < -0.3 is 4.90 Å². The van der Waals surface area contributed by atoms with Gasteiger partial charge in [-0.2, -0.15) is 0 Å². The third-order valence-corrected chi connectivity index (χ3v) is 4.50. The maximum atomic E-state index is 12.9. The van der Waals surface area contributed by atoms with Crippen LogP contribution in [0.3, 0.4) is 0 Å². The quantitative estimate of drug-likeness (QED) is 0.602. The molecule has 1 heterocycles. The molecule has 3 nitrogen and oxygen atoms in total. The fourth-order valence-corrected chi connectivity index (χ4v) is 3.18. The van der Waals surface area contributed by atoms with Crippen molar-refractivity contribution in [1.82, 2.24) is 4.90 Å². The maximum Gasteiger partial charge on any atom is 0.187 e. The number of halogens is 1. The Morgan fingerprint density at radius 3 is 2.12 bits per heavy atom. The van der Waals surface area contributed by atoms with E-state index in [1.807, 2.05) is 60.5 Å². The summed E-state index contributed by atoms with van der Waals surface area (Å²) in [6, 6.07) is 18.5. The van der Waals surface area contributed by atoms with Crippen molar-refractivity contribution < 1.29 is 9.59 Å². The summed E-state index contributed by atoms with van der Waals surface area (Å²) in [5.74, 6) is -0.210. The molecule has 0 aromatic heterocycles. The number of carbonyl (C=O) groups is 2. The fourth-order valence-electron chi connectivity index (χ4n) is 3.18. The highest BCUT2D eigenvalue weighted by Crippen LogP contribution is 2.29. The molecule has 0 amide bonds. The second kappa shape index (κ2) is 8.63. The predicted molar refractivity (Wildman–Crippen MR) is 102 cm³/mol. The molecule has 4 heteroatoms. The zero-order valence-electron chi connectivity index (χ0n) is 14.2. The summed E-state index contributed by atoms with van der Waals surface area (Å²) in [5.41, 5.74) is 2.18. The molecule has 0 saturated carbocycles. The molecule has 1 aliphatic heterocycles. The van der Waals surface area contributed by atoms with Gasteiger partial charge in [-0.25, -0.2) is 0 Å². The first kappa shape index (κ1) is 18.9. The van der Waals surface area contributed by atoms with Crippen molar-refractivity contribution in [3.8, 4) is 0 Å². The van der Waals surface area contributed by atoms with Crippen LogP contribution in [0, 0.1) is 5.92 Å². The van der Waals surface area contributed by atoms with Gasteiger partial charge >= 0.3 is 0 Å². The van der Waals surface area contributed by atoms with Crippen molar-refractivity contribution in [3.05, 3.63) is 83.6 Å². The molecule has 25 heavy (non-hydrogen) atoms. The zero-order valence-corrected chi connectivity index (χ0v) is 15.0. The largest absolute Gasteiger partial charge is 0.377 e. The van der Waals surface area contributed by atoms with Gasteiger partial charge in [-0.3, -0.25) is 9.59 Å². The average Bonchev–Trinajstić information content (AvgIpc) is 2.64. The zero-order chi connectivity index (χ0) is 16.9. The number of nitrogens with zero attached hydrogens (tertiary/aromatic N) is 1.